The van der Waals surface area contributed by atoms with Crippen LogP contribution in [0, 0.1) is 0 Å². The number of nitrogens with zero attached hydrogens (tertiary/aromatic N) is 1. The summed E-state index contributed by atoms with van der Waals surface area (Å²) in [6, 6.07) is 7.35. The van der Waals surface area contributed by atoms with Gasteiger partial charge in [-0.1, -0.05) is 29.8 Å². The average Bonchev–Trinajstić information content (AvgIpc) is 2.87. The molecule has 0 bridgehead atoms. The molecule has 1 amide bonds. The molecule has 1 fully saturated rings. The zero-order valence-corrected chi connectivity index (χ0v) is 15.5. The third kappa shape index (κ3) is 6.10. The van der Waals surface area contributed by atoms with E-state index in [1.54, 1.807) is 0 Å². The first-order chi connectivity index (χ1) is 9.99. The fraction of sp³-hybridized carbons (Fsp3) is 0.533. The van der Waals surface area contributed by atoms with Gasteiger partial charge in [-0.25, -0.2) is 0 Å². The second-order valence-electron chi connectivity index (χ2n) is 5.60. The van der Waals surface area contributed by atoms with E-state index >= 15 is 0 Å². The van der Waals surface area contributed by atoms with Gasteiger partial charge >= 0.3 is 0 Å². The van der Waals surface area contributed by atoms with Gasteiger partial charge in [-0.15, -0.1) is 24.8 Å². The number of rotatable bonds is 5. The summed E-state index contributed by atoms with van der Waals surface area (Å²) in [5, 5.41) is 16.1. The average molecular weight is 385 g/mol. The van der Waals surface area contributed by atoms with Crippen molar-refractivity contribution in [3.8, 4) is 0 Å². The number of carbonyl (C=O) groups is 1. The maximum atomic E-state index is 12.1. The molecule has 0 saturated carbocycles. The van der Waals surface area contributed by atoms with Crippen LogP contribution in [0.3, 0.4) is 0 Å². The third-order valence-corrected chi connectivity index (χ3v) is 4.13. The molecule has 3 atom stereocenters. The van der Waals surface area contributed by atoms with E-state index in [2.05, 4.69) is 10.6 Å². The molecule has 5 nitrogen and oxygen atoms in total. The van der Waals surface area contributed by atoms with Crippen LogP contribution in [0.1, 0.15) is 18.0 Å². The van der Waals surface area contributed by atoms with Crippen LogP contribution in [-0.2, 0) is 4.79 Å². The molecule has 3 unspecified atom stereocenters. The Morgan fingerprint density at radius 2 is 2.09 bits per heavy atom. The summed E-state index contributed by atoms with van der Waals surface area (Å²) in [5.41, 5.74) is 0.990. The molecule has 1 aliphatic rings. The summed E-state index contributed by atoms with van der Waals surface area (Å²) in [4.78, 5) is 14.1. The van der Waals surface area contributed by atoms with Gasteiger partial charge < -0.3 is 20.6 Å². The molecule has 8 heteroatoms. The first-order valence-corrected chi connectivity index (χ1v) is 7.47. The maximum absolute atomic E-state index is 12.1. The third-order valence-electron chi connectivity index (χ3n) is 3.78. The van der Waals surface area contributed by atoms with Crippen LogP contribution in [0.25, 0.3) is 0 Å². The first kappa shape index (κ1) is 22.4. The van der Waals surface area contributed by atoms with Gasteiger partial charge in [0.05, 0.1) is 18.2 Å². The SMILES string of the molecule is CN(C)C(CNC(=O)C1CC(O)CN1)c1ccccc1Cl.Cl.Cl. The summed E-state index contributed by atoms with van der Waals surface area (Å²) in [6.45, 7) is 0.948. The number of hydrogen-bond acceptors (Lipinski definition) is 4. The number of halogens is 3. The topological polar surface area (TPSA) is 64.6 Å². The molecule has 3 N–H and O–H groups in total. The number of amides is 1. The van der Waals surface area contributed by atoms with Crippen LogP contribution in [0.2, 0.25) is 5.02 Å². The predicted octanol–water partition coefficient (Wildman–Crippen LogP) is 1.63. The minimum absolute atomic E-state index is 0. The molecular weight excluding hydrogens is 361 g/mol. The Morgan fingerprint density at radius 1 is 1.43 bits per heavy atom. The number of β-amino-alcohol motifs (C(OH)–C–C–N with tert-alkyl or cyclic N) is 1. The fourth-order valence-electron chi connectivity index (χ4n) is 2.55. The van der Waals surface area contributed by atoms with Crippen molar-refractivity contribution in [2.24, 2.45) is 0 Å². The Morgan fingerprint density at radius 3 is 2.61 bits per heavy atom. The highest BCUT2D eigenvalue weighted by Gasteiger charge is 2.28. The molecule has 1 aromatic rings. The molecule has 132 valence electrons. The minimum Gasteiger partial charge on any atom is -0.392 e. The Bertz CT molecular complexity index is 503. The van der Waals surface area contributed by atoms with Crippen molar-refractivity contribution in [1.29, 1.82) is 0 Å². The van der Waals surface area contributed by atoms with E-state index in [4.69, 9.17) is 11.6 Å². The number of nitrogens with one attached hydrogen (secondary N) is 2. The Labute approximate surface area is 154 Å². The zero-order chi connectivity index (χ0) is 15.4. The molecular formula is C15H24Cl3N3O2. The highest BCUT2D eigenvalue weighted by molar-refractivity contribution is 6.31. The molecule has 0 aliphatic carbocycles. The summed E-state index contributed by atoms with van der Waals surface area (Å²) in [7, 11) is 3.91. The normalized spacial score (nSPS) is 21.3. The van der Waals surface area contributed by atoms with Gasteiger partial charge in [-0.3, -0.25) is 4.79 Å². The second kappa shape index (κ2) is 10.3. The van der Waals surface area contributed by atoms with Gasteiger partial charge in [0.2, 0.25) is 5.91 Å². The minimum atomic E-state index is -0.436. The van der Waals surface area contributed by atoms with E-state index < -0.39 is 6.10 Å². The van der Waals surface area contributed by atoms with Gasteiger partial charge in [0, 0.05) is 18.1 Å². The Kier molecular flexibility index (Phi) is 10.1. The van der Waals surface area contributed by atoms with Crippen LogP contribution in [0.5, 0.6) is 0 Å². The van der Waals surface area contributed by atoms with Gasteiger partial charge in [-0.2, -0.15) is 0 Å². The van der Waals surface area contributed by atoms with E-state index in [0.717, 1.165) is 5.56 Å². The number of likely N-dealkylation sites (N-methyl/N-ethyl adjacent to an activating group) is 1. The van der Waals surface area contributed by atoms with Crippen molar-refractivity contribution in [2.45, 2.75) is 24.6 Å². The van der Waals surface area contributed by atoms with Crippen LogP contribution in [0.4, 0.5) is 0 Å². The molecule has 1 aromatic carbocycles. The predicted molar refractivity (Wildman–Crippen MR) is 97.8 cm³/mol. The standard InChI is InChI=1S/C15H22ClN3O2.2ClH/c1-19(2)14(11-5-3-4-6-12(11)16)9-18-15(21)13-7-10(20)8-17-13;;/h3-6,10,13-14,17,20H,7-9H2,1-2H3,(H,18,21);2*1H. The maximum Gasteiger partial charge on any atom is 0.237 e. The molecule has 23 heavy (non-hydrogen) atoms. The summed E-state index contributed by atoms with van der Waals surface area (Å²) < 4.78 is 0. The van der Waals surface area contributed by atoms with Crippen LogP contribution >= 0.6 is 36.4 Å². The summed E-state index contributed by atoms with van der Waals surface area (Å²) in [5.74, 6) is -0.0783. The van der Waals surface area contributed by atoms with Gasteiger partial charge in [-0.05, 0) is 32.1 Å². The molecule has 1 aliphatic heterocycles. The number of benzene rings is 1. The highest BCUT2D eigenvalue weighted by atomic mass is 35.5. The van der Waals surface area contributed by atoms with Crippen molar-refractivity contribution in [3.05, 3.63) is 34.9 Å². The second-order valence-corrected chi connectivity index (χ2v) is 6.00. The van der Waals surface area contributed by atoms with Crippen molar-refractivity contribution in [2.75, 3.05) is 27.2 Å². The smallest absolute Gasteiger partial charge is 0.237 e. The van der Waals surface area contributed by atoms with E-state index in [1.807, 2.05) is 43.3 Å². The molecule has 0 aromatic heterocycles. The zero-order valence-electron chi connectivity index (χ0n) is 13.2. The first-order valence-electron chi connectivity index (χ1n) is 7.09. The lowest BCUT2D eigenvalue weighted by molar-refractivity contribution is -0.123. The molecule has 2 rings (SSSR count). The van der Waals surface area contributed by atoms with Crippen molar-refractivity contribution in [1.82, 2.24) is 15.5 Å². The molecule has 0 spiro atoms. The van der Waals surface area contributed by atoms with Crippen LogP contribution in [0.15, 0.2) is 24.3 Å². The molecule has 1 saturated heterocycles. The number of hydrogen-bond donors (Lipinski definition) is 3. The summed E-state index contributed by atoms with van der Waals surface area (Å²) >= 11 is 6.24. The number of aliphatic hydroxyl groups is 1. The van der Waals surface area contributed by atoms with Crippen molar-refractivity contribution < 1.29 is 9.90 Å². The summed E-state index contributed by atoms with van der Waals surface area (Å²) in [6.07, 6.45) is 0.0267. The van der Waals surface area contributed by atoms with Crippen LogP contribution in [-0.4, -0.2) is 55.2 Å². The highest BCUT2D eigenvalue weighted by Crippen LogP contribution is 2.25. The lowest BCUT2D eigenvalue weighted by Gasteiger charge is -2.26. The van der Waals surface area contributed by atoms with Crippen molar-refractivity contribution in [3.63, 3.8) is 0 Å². The van der Waals surface area contributed by atoms with E-state index in [0.29, 0.717) is 24.5 Å². The van der Waals surface area contributed by atoms with E-state index in [1.165, 1.54) is 0 Å². The Hall–Kier alpha value is -0.560. The van der Waals surface area contributed by atoms with Gasteiger partial charge in [0.25, 0.3) is 0 Å². The number of carbonyl (C=O) groups excluding carboxylic acids is 1. The van der Waals surface area contributed by atoms with E-state index in [-0.39, 0.29) is 42.8 Å². The van der Waals surface area contributed by atoms with Crippen LogP contribution < -0.4 is 10.6 Å². The number of aliphatic hydroxyl groups excluding tert-OH is 1. The molecule has 0 radical (unpaired) electrons. The molecule has 1 heterocycles. The van der Waals surface area contributed by atoms with Gasteiger partial charge in [0.15, 0.2) is 0 Å². The van der Waals surface area contributed by atoms with E-state index in [9.17, 15) is 9.90 Å². The fourth-order valence-corrected chi connectivity index (χ4v) is 2.81. The quantitative estimate of drug-likeness (QED) is 0.722. The van der Waals surface area contributed by atoms with Crippen molar-refractivity contribution >= 4 is 42.3 Å². The largest absolute Gasteiger partial charge is 0.392 e. The Balaban J connectivity index is 0.00000242. The lowest BCUT2D eigenvalue weighted by atomic mass is 10.1. The monoisotopic (exact) mass is 383 g/mol. The lowest BCUT2D eigenvalue weighted by Crippen LogP contribution is -2.43. The van der Waals surface area contributed by atoms with Gasteiger partial charge in [0.1, 0.15) is 0 Å².